The van der Waals surface area contributed by atoms with Crippen LogP contribution in [-0.4, -0.2) is 42.7 Å². The van der Waals surface area contributed by atoms with E-state index in [1.54, 1.807) is 0 Å². The fourth-order valence-corrected chi connectivity index (χ4v) is 5.41. The summed E-state index contributed by atoms with van der Waals surface area (Å²) in [6, 6.07) is -0.276. The van der Waals surface area contributed by atoms with Crippen LogP contribution in [0, 0.1) is 5.92 Å². The average Bonchev–Trinajstić information content (AvgIpc) is 2.74. The summed E-state index contributed by atoms with van der Waals surface area (Å²) >= 11 is 0. The molecule has 0 aromatic carbocycles. The average molecular weight is 469 g/mol. The molecule has 0 aliphatic carbocycles. The van der Waals surface area contributed by atoms with Gasteiger partial charge in [-0.2, -0.15) is 0 Å². The Morgan fingerprint density at radius 3 is 1.06 bits per heavy atom. The van der Waals surface area contributed by atoms with Crippen LogP contribution in [0.1, 0.15) is 155 Å². The van der Waals surface area contributed by atoms with Crippen molar-refractivity contribution in [1.82, 2.24) is 0 Å². The monoisotopic (exact) mass is 468 g/mol. The van der Waals surface area contributed by atoms with E-state index in [-0.39, 0.29) is 6.04 Å². The van der Waals surface area contributed by atoms with E-state index in [1.165, 1.54) is 128 Å². The van der Waals surface area contributed by atoms with E-state index in [9.17, 15) is 9.90 Å². The summed E-state index contributed by atoms with van der Waals surface area (Å²) in [7, 11) is 6.18. The van der Waals surface area contributed by atoms with E-state index in [2.05, 4.69) is 35.0 Å². The standard InChI is InChI=1S/C30H61NO2/c1-6-8-10-12-14-16-18-20-22-24-26-28(29(30(32)33)31(3,4)5)27-25-23-21-19-17-15-13-11-9-7-2/h28-29H,6-27H2,1-5H3/p+1. The number of unbranched alkanes of at least 4 members (excludes halogenated alkanes) is 18. The lowest BCUT2D eigenvalue weighted by atomic mass is 9.86. The molecule has 1 N–H and O–H groups in total. The van der Waals surface area contributed by atoms with Crippen molar-refractivity contribution in [2.45, 2.75) is 161 Å². The molecule has 33 heavy (non-hydrogen) atoms. The molecule has 0 radical (unpaired) electrons. The van der Waals surface area contributed by atoms with E-state index < -0.39 is 5.97 Å². The maximum Gasteiger partial charge on any atom is 0.362 e. The highest BCUT2D eigenvalue weighted by Gasteiger charge is 2.38. The molecule has 0 aromatic heterocycles. The molecule has 0 amide bonds. The zero-order chi connectivity index (χ0) is 24.8. The van der Waals surface area contributed by atoms with Gasteiger partial charge in [-0.15, -0.1) is 0 Å². The summed E-state index contributed by atoms with van der Waals surface area (Å²) in [6.07, 6.45) is 29.0. The van der Waals surface area contributed by atoms with Crippen molar-refractivity contribution >= 4 is 5.97 Å². The fourth-order valence-electron chi connectivity index (χ4n) is 5.41. The number of carboxylic acids is 1. The van der Waals surface area contributed by atoms with Gasteiger partial charge in [-0.05, 0) is 12.8 Å². The highest BCUT2D eigenvalue weighted by atomic mass is 16.4. The van der Waals surface area contributed by atoms with Crippen LogP contribution in [0.5, 0.6) is 0 Å². The maximum absolute atomic E-state index is 12.1. The number of rotatable bonds is 25. The number of nitrogens with zero attached hydrogens (tertiary/aromatic N) is 1. The van der Waals surface area contributed by atoms with Crippen LogP contribution in [-0.2, 0) is 4.79 Å². The Bertz CT molecular complexity index is 406. The second-order valence-electron chi connectivity index (χ2n) is 11.6. The van der Waals surface area contributed by atoms with Gasteiger partial charge in [-0.3, -0.25) is 0 Å². The first-order chi connectivity index (χ1) is 15.8. The SMILES string of the molecule is CCCCCCCCCCCCC(CCCCCCCCCCCC)C(C(=O)O)[N+](C)(C)C. The molecule has 0 fully saturated rings. The van der Waals surface area contributed by atoms with E-state index >= 15 is 0 Å². The van der Waals surface area contributed by atoms with E-state index in [1.807, 2.05) is 0 Å². The first-order valence-electron chi connectivity index (χ1n) is 14.9. The normalized spacial score (nSPS) is 13.0. The second kappa shape index (κ2) is 21.9. The van der Waals surface area contributed by atoms with E-state index in [0.29, 0.717) is 10.4 Å². The third-order valence-corrected chi connectivity index (χ3v) is 7.39. The Morgan fingerprint density at radius 2 is 0.818 bits per heavy atom. The predicted molar refractivity (Wildman–Crippen MR) is 146 cm³/mol. The third-order valence-electron chi connectivity index (χ3n) is 7.39. The van der Waals surface area contributed by atoms with Gasteiger partial charge in [0.15, 0.2) is 6.04 Å². The van der Waals surface area contributed by atoms with Crippen LogP contribution in [0.25, 0.3) is 0 Å². The summed E-state index contributed by atoms with van der Waals surface area (Å²) in [4.78, 5) is 12.1. The lowest BCUT2D eigenvalue weighted by molar-refractivity contribution is -0.891. The van der Waals surface area contributed by atoms with Crippen molar-refractivity contribution in [2.24, 2.45) is 5.92 Å². The van der Waals surface area contributed by atoms with Crippen molar-refractivity contribution in [1.29, 1.82) is 0 Å². The van der Waals surface area contributed by atoms with Gasteiger partial charge < -0.3 is 9.59 Å². The third kappa shape index (κ3) is 19.4. The molecule has 0 rings (SSSR count). The summed E-state index contributed by atoms with van der Waals surface area (Å²) in [5.74, 6) is -0.294. The minimum atomic E-state index is -0.605. The lowest BCUT2D eigenvalue weighted by Crippen LogP contribution is -2.53. The van der Waals surface area contributed by atoms with Gasteiger partial charge in [0.2, 0.25) is 0 Å². The van der Waals surface area contributed by atoms with Gasteiger partial charge in [0.1, 0.15) is 0 Å². The molecular weight excluding hydrogens is 406 g/mol. The number of hydrogen-bond acceptors (Lipinski definition) is 1. The highest BCUT2D eigenvalue weighted by Crippen LogP contribution is 2.27. The van der Waals surface area contributed by atoms with Crippen molar-refractivity contribution in [3.63, 3.8) is 0 Å². The summed E-state index contributed by atoms with van der Waals surface area (Å²) in [5.41, 5.74) is 0. The van der Waals surface area contributed by atoms with Crippen LogP contribution >= 0.6 is 0 Å². The quantitative estimate of drug-likeness (QED) is 0.107. The van der Waals surface area contributed by atoms with Crippen LogP contribution in [0.15, 0.2) is 0 Å². The summed E-state index contributed by atoms with van der Waals surface area (Å²) in [5, 5.41) is 9.99. The number of carbonyl (C=O) groups is 1. The zero-order valence-electron chi connectivity index (χ0n) is 23.5. The van der Waals surface area contributed by atoms with Gasteiger partial charge in [0, 0.05) is 5.92 Å². The Kier molecular flexibility index (Phi) is 21.6. The fraction of sp³-hybridized carbons (Fsp3) is 0.967. The van der Waals surface area contributed by atoms with Crippen molar-refractivity contribution in [2.75, 3.05) is 21.1 Å². The lowest BCUT2D eigenvalue weighted by Gasteiger charge is -2.36. The Labute approximate surface area is 208 Å². The summed E-state index contributed by atoms with van der Waals surface area (Å²) < 4.78 is 0.537. The van der Waals surface area contributed by atoms with Gasteiger partial charge >= 0.3 is 5.97 Å². The smallest absolute Gasteiger partial charge is 0.362 e. The van der Waals surface area contributed by atoms with E-state index in [0.717, 1.165) is 12.8 Å². The molecule has 0 aromatic rings. The topological polar surface area (TPSA) is 37.3 Å². The van der Waals surface area contributed by atoms with Crippen LogP contribution < -0.4 is 0 Å². The molecular formula is C30H62NO2+. The zero-order valence-corrected chi connectivity index (χ0v) is 23.5. The minimum Gasteiger partial charge on any atom is -0.477 e. The van der Waals surface area contributed by atoms with Crippen molar-refractivity contribution in [3.8, 4) is 0 Å². The number of aliphatic carboxylic acids is 1. The second-order valence-corrected chi connectivity index (χ2v) is 11.6. The molecule has 0 spiro atoms. The van der Waals surface area contributed by atoms with Crippen LogP contribution in [0.3, 0.4) is 0 Å². The van der Waals surface area contributed by atoms with Gasteiger partial charge in [-0.1, -0.05) is 142 Å². The predicted octanol–water partition coefficient (Wildman–Crippen LogP) is 9.38. The first-order valence-corrected chi connectivity index (χ1v) is 14.9. The summed E-state index contributed by atoms with van der Waals surface area (Å²) in [6.45, 7) is 4.55. The Morgan fingerprint density at radius 1 is 0.545 bits per heavy atom. The van der Waals surface area contributed by atoms with Gasteiger partial charge in [-0.25, -0.2) is 4.79 Å². The molecule has 0 saturated carbocycles. The Hall–Kier alpha value is -0.570. The Balaban J connectivity index is 4.19. The van der Waals surface area contributed by atoms with Crippen molar-refractivity contribution in [3.05, 3.63) is 0 Å². The minimum absolute atomic E-state index is 0.276. The number of carboxylic acid groups (broad SMARTS) is 1. The molecule has 0 aliphatic rings. The molecule has 3 heteroatoms. The van der Waals surface area contributed by atoms with E-state index in [4.69, 9.17) is 0 Å². The molecule has 0 heterocycles. The van der Waals surface area contributed by atoms with Crippen LogP contribution in [0.2, 0.25) is 0 Å². The number of hydrogen-bond donors (Lipinski definition) is 1. The molecule has 0 saturated heterocycles. The number of quaternary nitrogens is 1. The molecule has 3 nitrogen and oxygen atoms in total. The molecule has 198 valence electrons. The van der Waals surface area contributed by atoms with Crippen LogP contribution in [0.4, 0.5) is 0 Å². The molecule has 1 unspecified atom stereocenters. The molecule has 1 atom stereocenters. The molecule has 0 bridgehead atoms. The first kappa shape index (κ1) is 32.4. The highest BCUT2D eigenvalue weighted by molar-refractivity contribution is 5.72. The van der Waals surface area contributed by atoms with Crippen molar-refractivity contribution < 1.29 is 14.4 Å². The van der Waals surface area contributed by atoms with Gasteiger partial charge in [0.25, 0.3) is 0 Å². The number of likely N-dealkylation sites (N-methyl/N-ethyl adjacent to an activating group) is 1. The molecule has 0 aliphatic heterocycles. The van der Waals surface area contributed by atoms with Gasteiger partial charge in [0.05, 0.1) is 21.1 Å². The maximum atomic E-state index is 12.1. The largest absolute Gasteiger partial charge is 0.477 e.